The van der Waals surface area contributed by atoms with Crippen LogP contribution in [-0.4, -0.2) is 23.7 Å². The van der Waals surface area contributed by atoms with Gasteiger partial charge in [0.15, 0.2) is 6.61 Å². The number of carbonyl (C=O) groups is 1. The number of amides is 1. The van der Waals surface area contributed by atoms with Crippen LogP contribution in [0.5, 0.6) is 5.88 Å². The summed E-state index contributed by atoms with van der Waals surface area (Å²) in [6, 6.07) is 16.7. The van der Waals surface area contributed by atoms with Gasteiger partial charge in [-0.15, -0.1) is 0 Å². The van der Waals surface area contributed by atoms with E-state index in [1.807, 2.05) is 37.3 Å². The highest BCUT2D eigenvalue weighted by molar-refractivity contribution is 6.30. The lowest BCUT2D eigenvalue weighted by Gasteiger charge is -2.07. The minimum atomic E-state index is -0.363. The second kappa shape index (κ2) is 7.77. The zero-order valence-corrected chi connectivity index (χ0v) is 14.3. The van der Waals surface area contributed by atoms with Crippen LogP contribution in [0.2, 0.25) is 5.02 Å². The number of carbonyl (C=O) groups excluding carboxylic acids is 1. The highest BCUT2D eigenvalue weighted by Crippen LogP contribution is 2.20. The summed E-state index contributed by atoms with van der Waals surface area (Å²) in [5, 5.41) is 5.59. The lowest BCUT2D eigenvalue weighted by atomic mass is 10.1. The maximum atomic E-state index is 11.8. The molecule has 5 nitrogen and oxygen atoms in total. The highest BCUT2D eigenvalue weighted by atomic mass is 35.5. The van der Waals surface area contributed by atoms with E-state index in [9.17, 15) is 4.79 Å². The molecule has 2 aromatic carbocycles. The lowest BCUT2D eigenvalue weighted by Crippen LogP contribution is -2.24. The molecule has 1 amide bonds. The molecule has 0 aliphatic heterocycles. The summed E-state index contributed by atoms with van der Waals surface area (Å²) < 4.78 is 5.46. The number of hydrogen-bond donors (Lipinski definition) is 1. The van der Waals surface area contributed by atoms with Crippen molar-refractivity contribution >= 4 is 34.6 Å². The molecule has 0 spiro atoms. The zero-order valence-electron chi connectivity index (χ0n) is 13.6. The molecule has 6 heteroatoms. The Hall–Kier alpha value is -2.92. The largest absolute Gasteiger partial charge is 0.467 e. The fourth-order valence-electron chi connectivity index (χ4n) is 2.29. The summed E-state index contributed by atoms with van der Waals surface area (Å²) in [6.45, 7) is 1.82. The number of benzene rings is 2. The third-order valence-electron chi connectivity index (χ3n) is 3.52. The van der Waals surface area contributed by atoms with Crippen LogP contribution in [0.25, 0.3) is 10.9 Å². The van der Waals surface area contributed by atoms with E-state index >= 15 is 0 Å². The first kappa shape index (κ1) is 16.9. The third-order valence-corrected chi connectivity index (χ3v) is 3.78. The highest BCUT2D eigenvalue weighted by Gasteiger charge is 2.06. The Bertz CT molecular complexity index is 924. The molecule has 0 unspecified atom stereocenters. The Labute approximate surface area is 150 Å². The second-order valence-corrected chi connectivity index (χ2v) is 5.86. The Morgan fingerprint density at radius 3 is 2.80 bits per heavy atom. The summed E-state index contributed by atoms with van der Waals surface area (Å²) in [6.07, 6.45) is 1.53. The summed E-state index contributed by atoms with van der Waals surface area (Å²) >= 11 is 5.81. The van der Waals surface area contributed by atoms with Gasteiger partial charge in [0.25, 0.3) is 5.91 Å². The van der Waals surface area contributed by atoms with Gasteiger partial charge in [0.1, 0.15) is 0 Å². The van der Waals surface area contributed by atoms with Gasteiger partial charge in [-0.1, -0.05) is 41.9 Å². The molecule has 0 saturated carbocycles. The number of pyridine rings is 1. The van der Waals surface area contributed by atoms with Crippen molar-refractivity contribution in [3.05, 3.63) is 70.7 Å². The van der Waals surface area contributed by atoms with E-state index in [-0.39, 0.29) is 12.5 Å². The molecule has 0 aliphatic rings. The van der Waals surface area contributed by atoms with Crippen LogP contribution in [0, 0.1) is 6.92 Å². The Balaban J connectivity index is 1.56. The third kappa shape index (κ3) is 4.55. The fourth-order valence-corrected chi connectivity index (χ4v) is 2.42. The number of nitrogens with one attached hydrogen (secondary N) is 1. The smallest absolute Gasteiger partial charge is 0.278 e. The molecule has 0 aliphatic carbocycles. The topological polar surface area (TPSA) is 63.6 Å². The van der Waals surface area contributed by atoms with Crippen LogP contribution in [0.1, 0.15) is 11.1 Å². The van der Waals surface area contributed by atoms with Gasteiger partial charge in [-0.25, -0.2) is 10.4 Å². The summed E-state index contributed by atoms with van der Waals surface area (Å²) in [5.41, 5.74) is 5.12. The van der Waals surface area contributed by atoms with Crippen LogP contribution in [0.4, 0.5) is 0 Å². The molecule has 0 saturated heterocycles. The Kier molecular flexibility index (Phi) is 5.26. The van der Waals surface area contributed by atoms with Crippen molar-refractivity contribution in [3.63, 3.8) is 0 Å². The minimum Gasteiger partial charge on any atom is -0.467 e. The van der Waals surface area contributed by atoms with E-state index < -0.39 is 0 Å². The summed E-state index contributed by atoms with van der Waals surface area (Å²) in [5.74, 6) is 0.0471. The predicted octanol–water partition coefficient (Wildman–Crippen LogP) is 3.73. The number of halogens is 1. The molecule has 0 bridgehead atoms. The summed E-state index contributed by atoms with van der Waals surface area (Å²) in [4.78, 5) is 16.2. The van der Waals surface area contributed by atoms with E-state index in [0.29, 0.717) is 10.9 Å². The molecule has 0 atom stereocenters. The van der Waals surface area contributed by atoms with E-state index in [1.165, 1.54) is 6.21 Å². The van der Waals surface area contributed by atoms with Crippen molar-refractivity contribution in [3.8, 4) is 5.88 Å². The van der Waals surface area contributed by atoms with Gasteiger partial charge >= 0.3 is 0 Å². The van der Waals surface area contributed by atoms with Gasteiger partial charge in [-0.05, 0) is 36.2 Å². The number of hydrogen-bond acceptors (Lipinski definition) is 4. The number of ether oxygens (including phenoxy) is 1. The van der Waals surface area contributed by atoms with Crippen LogP contribution >= 0.6 is 11.6 Å². The van der Waals surface area contributed by atoms with E-state index in [2.05, 4.69) is 15.5 Å². The van der Waals surface area contributed by atoms with Gasteiger partial charge in [-0.2, -0.15) is 5.10 Å². The van der Waals surface area contributed by atoms with Crippen LogP contribution in [0.3, 0.4) is 0 Å². The van der Waals surface area contributed by atoms with E-state index in [1.54, 1.807) is 24.3 Å². The number of aromatic nitrogens is 1. The van der Waals surface area contributed by atoms with Crippen LogP contribution < -0.4 is 10.2 Å². The van der Waals surface area contributed by atoms with E-state index in [0.717, 1.165) is 22.0 Å². The van der Waals surface area contributed by atoms with Gasteiger partial charge in [0.05, 0.1) is 11.7 Å². The molecule has 126 valence electrons. The standard InChI is InChI=1S/C19H16ClN3O2/c1-13-10-19(22-17-5-3-2-4-16(13)17)25-12-18(24)23-21-11-14-6-8-15(20)9-7-14/h2-11H,12H2,1H3,(H,23,24)/b21-11+. The minimum absolute atomic E-state index is 0.164. The van der Waals surface area contributed by atoms with Crippen molar-refractivity contribution in [1.82, 2.24) is 10.4 Å². The molecule has 1 aromatic heterocycles. The van der Waals surface area contributed by atoms with Gasteiger partial charge < -0.3 is 4.74 Å². The van der Waals surface area contributed by atoms with Gasteiger partial charge in [-0.3, -0.25) is 4.79 Å². The van der Waals surface area contributed by atoms with Crippen molar-refractivity contribution in [1.29, 1.82) is 0 Å². The number of para-hydroxylation sites is 1. The maximum Gasteiger partial charge on any atom is 0.278 e. The number of fused-ring (bicyclic) bond motifs is 1. The molecular weight excluding hydrogens is 338 g/mol. The SMILES string of the molecule is Cc1cc(OCC(=O)N/N=C/c2ccc(Cl)cc2)nc2ccccc12. The van der Waals surface area contributed by atoms with Crippen molar-refractivity contribution < 1.29 is 9.53 Å². The first-order valence-corrected chi connectivity index (χ1v) is 8.06. The second-order valence-electron chi connectivity index (χ2n) is 5.43. The molecule has 3 rings (SSSR count). The van der Waals surface area contributed by atoms with Gasteiger partial charge in [0.2, 0.25) is 5.88 Å². The quantitative estimate of drug-likeness (QED) is 0.561. The first-order chi connectivity index (χ1) is 12.1. The number of nitrogens with zero attached hydrogens (tertiary/aromatic N) is 2. The monoisotopic (exact) mass is 353 g/mol. The first-order valence-electron chi connectivity index (χ1n) is 7.68. The Morgan fingerprint density at radius 1 is 1.24 bits per heavy atom. The number of hydrazone groups is 1. The lowest BCUT2D eigenvalue weighted by molar-refractivity contribution is -0.123. The molecule has 0 fully saturated rings. The number of rotatable bonds is 5. The van der Waals surface area contributed by atoms with Crippen LogP contribution in [0.15, 0.2) is 59.7 Å². The van der Waals surface area contributed by atoms with Crippen molar-refractivity contribution in [2.45, 2.75) is 6.92 Å². The average Bonchev–Trinajstić information content (AvgIpc) is 2.62. The van der Waals surface area contributed by atoms with Crippen molar-refractivity contribution in [2.75, 3.05) is 6.61 Å². The molecule has 1 heterocycles. The normalized spacial score (nSPS) is 11.0. The van der Waals surface area contributed by atoms with Crippen LogP contribution in [-0.2, 0) is 4.79 Å². The molecule has 0 radical (unpaired) electrons. The van der Waals surface area contributed by atoms with E-state index in [4.69, 9.17) is 16.3 Å². The molecular formula is C19H16ClN3O2. The fraction of sp³-hybridized carbons (Fsp3) is 0.105. The molecule has 1 N–H and O–H groups in total. The van der Waals surface area contributed by atoms with Crippen molar-refractivity contribution in [2.24, 2.45) is 5.10 Å². The van der Waals surface area contributed by atoms with Gasteiger partial charge in [0, 0.05) is 16.5 Å². The maximum absolute atomic E-state index is 11.8. The summed E-state index contributed by atoms with van der Waals surface area (Å²) in [7, 11) is 0. The average molecular weight is 354 g/mol. The molecule has 25 heavy (non-hydrogen) atoms. The molecule has 3 aromatic rings. The Morgan fingerprint density at radius 2 is 2.00 bits per heavy atom. The number of aryl methyl sites for hydroxylation is 1. The zero-order chi connectivity index (χ0) is 17.6. The predicted molar refractivity (Wildman–Crippen MR) is 99.2 cm³/mol.